The van der Waals surface area contributed by atoms with Gasteiger partial charge in [-0.2, -0.15) is 0 Å². The van der Waals surface area contributed by atoms with Crippen molar-refractivity contribution in [2.24, 2.45) is 0 Å². The summed E-state index contributed by atoms with van der Waals surface area (Å²) in [6, 6.07) is 4.52. The van der Waals surface area contributed by atoms with Gasteiger partial charge in [0.1, 0.15) is 5.75 Å². The molecule has 0 aliphatic heterocycles. The van der Waals surface area contributed by atoms with E-state index in [1.54, 1.807) is 19.2 Å². The molecule has 0 fully saturated rings. The fraction of sp³-hybridized carbons (Fsp3) is 0.538. The molecule has 0 heterocycles. The third kappa shape index (κ3) is 7.12. The van der Waals surface area contributed by atoms with Crippen LogP contribution in [-0.4, -0.2) is 26.6 Å². The lowest BCUT2D eigenvalue weighted by Gasteiger charge is -2.12. The summed E-state index contributed by atoms with van der Waals surface area (Å²) in [7, 11) is 1.66. The number of halogens is 4. The highest BCUT2D eigenvalue weighted by Crippen LogP contribution is 2.30. The van der Waals surface area contributed by atoms with E-state index in [-0.39, 0.29) is 10.2 Å². The number of ether oxygens (including phenoxy) is 2. The molecule has 0 aliphatic rings. The zero-order valence-electron chi connectivity index (χ0n) is 11.1. The molecular formula is C13H17BrF3NO2. The molecule has 1 aromatic carbocycles. The first kappa shape index (κ1) is 17.3. The molecule has 3 nitrogen and oxygen atoms in total. The predicted molar refractivity (Wildman–Crippen MR) is 73.6 cm³/mol. The fourth-order valence-corrected chi connectivity index (χ4v) is 2.10. The van der Waals surface area contributed by atoms with Gasteiger partial charge in [-0.1, -0.05) is 6.07 Å². The second kappa shape index (κ2) is 8.49. The summed E-state index contributed by atoms with van der Waals surface area (Å²) in [4.78, 5) is 0. The zero-order valence-corrected chi connectivity index (χ0v) is 12.7. The first-order valence-corrected chi connectivity index (χ1v) is 6.95. The summed E-state index contributed by atoms with van der Waals surface area (Å²) in [6.45, 7) is 2.16. The number of benzene rings is 1. The van der Waals surface area contributed by atoms with Gasteiger partial charge in [0.25, 0.3) is 0 Å². The van der Waals surface area contributed by atoms with Crippen LogP contribution in [0.1, 0.15) is 18.4 Å². The number of rotatable bonds is 8. The zero-order chi connectivity index (χ0) is 15.0. The molecule has 0 atom stereocenters. The second-order valence-electron chi connectivity index (χ2n) is 4.19. The van der Waals surface area contributed by atoms with E-state index in [0.29, 0.717) is 6.54 Å². The summed E-state index contributed by atoms with van der Waals surface area (Å²) >= 11 is 3.07. The summed E-state index contributed by atoms with van der Waals surface area (Å²) in [5.41, 5.74) is 0.887. The van der Waals surface area contributed by atoms with Crippen LogP contribution < -0.4 is 10.1 Å². The maximum Gasteiger partial charge on any atom is 0.573 e. The van der Waals surface area contributed by atoms with Gasteiger partial charge < -0.3 is 14.8 Å². The predicted octanol–water partition coefficient (Wildman–Crippen LogP) is 3.86. The Kier molecular flexibility index (Phi) is 7.32. The molecule has 0 unspecified atom stereocenters. The highest BCUT2D eigenvalue weighted by atomic mass is 79.9. The lowest BCUT2D eigenvalue weighted by Crippen LogP contribution is -2.18. The van der Waals surface area contributed by atoms with E-state index >= 15 is 0 Å². The Morgan fingerprint density at radius 1 is 1.25 bits per heavy atom. The van der Waals surface area contributed by atoms with Crippen LogP contribution in [0.3, 0.4) is 0 Å². The first-order valence-electron chi connectivity index (χ1n) is 6.16. The number of hydrogen-bond acceptors (Lipinski definition) is 3. The van der Waals surface area contributed by atoms with Gasteiger partial charge in [0.15, 0.2) is 0 Å². The Morgan fingerprint density at radius 2 is 2.00 bits per heavy atom. The molecule has 0 saturated heterocycles. The van der Waals surface area contributed by atoms with Gasteiger partial charge in [-0.25, -0.2) is 0 Å². The Hall–Kier alpha value is -0.790. The normalized spacial score (nSPS) is 11.7. The maximum atomic E-state index is 12.1. The highest BCUT2D eigenvalue weighted by molar-refractivity contribution is 9.10. The van der Waals surface area contributed by atoms with Gasteiger partial charge in [-0.05, 0) is 53.0 Å². The molecule has 0 aliphatic carbocycles. The SMILES string of the molecule is COCCCCNCc1ccc(OC(F)(F)F)c(Br)c1. The number of methoxy groups -OCH3 is 1. The minimum absolute atomic E-state index is 0.235. The van der Waals surface area contributed by atoms with Crippen LogP contribution in [-0.2, 0) is 11.3 Å². The summed E-state index contributed by atoms with van der Waals surface area (Å²) in [6.07, 6.45) is -2.71. The minimum Gasteiger partial charge on any atom is -0.405 e. The van der Waals surface area contributed by atoms with Crippen LogP contribution >= 0.6 is 15.9 Å². The highest BCUT2D eigenvalue weighted by Gasteiger charge is 2.31. The molecule has 0 bridgehead atoms. The van der Waals surface area contributed by atoms with Crippen LogP contribution in [0.4, 0.5) is 13.2 Å². The quantitative estimate of drug-likeness (QED) is 0.718. The third-order valence-electron chi connectivity index (χ3n) is 2.50. The topological polar surface area (TPSA) is 30.5 Å². The summed E-state index contributed by atoms with van der Waals surface area (Å²) in [5, 5.41) is 3.22. The first-order chi connectivity index (χ1) is 9.42. The maximum absolute atomic E-state index is 12.1. The number of alkyl halides is 3. The second-order valence-corrected chi connectivity index (χ2v) is 5.04. The number of unbranched alkanes of at least 4 members (excludes halogenated alkanes) is 1. The largest absolute Gasteiger partial charge is 0.573 e. The summed E-state index contributed by atoms with van der Waals surface area (Å²) in [5.74, 6) is -0.235. The van der Waals surface area contributed by atoms with Gasteiger partial charge in [-0.3, -0.25) is 0 Å². The van der Waals surface area contributed by atoms with Gasteiger partial charge >= 0.3 is 6.36 Å². The average molecular weight is 356 g/mol. The van der Waals surface area contributed by atoms with Crippen molar-refractivity contribution in [3.63, 3.8) is 0 Å². The fourth-order valence-electron chi connectivity index (χ4n) is 1.59. The molecule has 7 heteroatoms. The monoisotopic (exact) mass is 355 g/mol. The van der Waals surface area contributed by atoms with Gasteiger partial charge in [0, 0.05) is 20.3 Å². The van der Waals surface area contributed by atoms with Crippen molar-refractivity contribution in [2.75, 3.05) is 20.3 Å². The average Bonchev–Trinajstić information content (AvgIpc) is 2.35. The Labute approximate surface area is 124 Å². The van der Waals surface area contributed by atoms with Crippen molar-refractivity contribution in [3.8, 4) is 5.75 Å². The number of hydrogen-bond donors (Lipinski definition) is 1. The molecule has 20 heavy (non-hydrogen) atoms. The number of nitrogens with one attached hydrogen (secondary N) is 1. The molecule has 0 aromatic heterocycles. The van der Waals surface area contributed by atoms with Crippen molar-refractivity contribution in [1.29, 1.82) is 0 Å². The molecule has 0 saturated carbocycles. The molecule has 0 spiro atoms. The Morgan fingerprint density at radius 3 is 2.60 bits per heavy atom. The smallest absolute Gasteiger partial charge is 0.405 e. The summed E-state index contributed by atoms with van der Waals surface area (Å²) < 4.78 is 45.4. The van der Waals surface area contributed by atoms with E-state index in [4.69, 9.17) is 4.74 Å². The van der Waals surface area contributed by atoms with Crippen molar-refractivity contribution < 1.29 is 22.6 Å². The lowest BCUT2D eigenvalue weighted by atomic mass is 10.2. The molecule has 0 radical (unpaired) electrons. The molecule has 1 rings (SSSR count). The minimum atomic E-state index is -4.68. The van der Waals surface area contributed by atoms with Crippen LogP contribution in [0.15, 0.2) is 22.7 Å². The van der Waals surface area contributed by atoms with Crippen LogP contribution in [0.5, 0.6) is 5.75 Å². The van der Waals surface area contributed by atoms with E-state index in [1.165, 1.54) is 6.07 Å². The van der Waals surface area contributed by atoms with E-state index in [2.05, 4.69) is 26.0 Å². The van der Waals surface area contributed by atoms with E-state index < -0.39 is 6.36 Å². The van der Waals surface area contributed by atoms with E-state index in [1.807, 2.05) is 0 Å². The standard InChI is InChI=1S/C13H17BrF3NO2/c1-19-7-3-2-6-18-9-10-4-5-12(11(14)8-10)20-13(15,16)17/h4-5,8,18H,2-3,6-7,9H2,1H3. The van der Waals surface area contributed by atoms with Gasteiger partial charge in [0.2, 0.25) is 0 Å². The molecule has 114 valence electrons. The van der Waals surface area contributed by atoms with Gasteiger partial charge in [0.05, 0.1) is 4.47 Å². The third-order valence-corrected chi connectivity index (χ3v) is 3.12. The van der Waals surface area contributed by atoms with E-state index in [0.717, 1.165) is 31.6 Å². The van der Waals surface area contributed by atoms with Crippen LogP contribution in [0.25, 0.3) is 0 Å². The van der Waals surface area contributed by atoms with Crippen molar-refractivity contribution in [3.05, 3.63) is 28.2 Å². The van der Waals surface area contributed by atoms with Crippen molar-refractivity contribution in [1.82, 2.24) is 5.32 Å². The van der Waals surface area contributed by atoms with E-state index in [9.17, 15) is 13.2 Å². The van der Waals surface area contributed by atoms with Crippen LogP contribution in [0, 0.1) is 0 Å². The Balaban J connectivity index is 2.39. The molecule has 1 N–H and O–H groups in total. The Bertz CT molecular complexity index is 413. The molecule has 1 aromatic rings. The van der Waals surface area contributed by atoms with Crippen molar-refractivity contribution >= 4 is 15.9 Å². The van der Waals surface area contributed by atoms with Crippen molar-refractivity contribution in [2.45, 2.75) is 25.7 Å². The molecular weight excluding hydrogens is 339 g/mol. The van der Waals surface area contributed by atoms with Gasteiger partial charge in [-0.15, -0.1) is 13.2 Å². The molecule has 0 amide bonds. The van der Waals surface area contributed by atoms with Crippen LogP contribution in [0.2, 0.25) is 0 Å². The lowest BCUT2D eigenvalue weighted by molar-refractivity contribution is -0.274.